The summed E-state index contributed by atoms with van der Waals surface area (Å²) in [5.41, 5.74) is 0.916. The van der Waals surface area contributed by atoms with Crippen molar-refractivity contribution in [3.63, 3.8) is 0 Å². The first kappa shape index (κ1) is 27.5. The van der Waals surface area contributed by atoms with Gasteiger partial charge in [0.05, 0.1) is 12.1 Å². The lowest BCUT2D eigenvalue weighted by molar-refractivity contribution is -0.0121. The van der Waals surface area contributed by atoms with Crippen LogP contribution < -0.4 is 9.47 Å². The van der Waals surface area contributed by atoms with Gasteiger partial charge < -0.3 is 19.3 Å². The zero-order chi connectivity index (χ0) is 25.6. The quantitative estimate of drug-likeness (QED) is 0.458. The van der Waals surface area contributed by atoms with E-state index in [0.717, 1.165) is 17.1 Å². The molecular formula is C28H41NO5. The lowest BCUT2D eigenvalue weighted by atomic mass is 9.87. The van der Waals surface area contributed by atoms with E-state index in [1.807, 2.05) is 71.0 Å². The predicted molar refractivity (Wildman–Crippen MR) is 136 cm³/mol. The third-order valence-electron chi connectivity index (χ3n) is 5.34. The standard InChI is InChI=1S/C28H41NO5/c1-26(2,3)22-11-15-24(16-12-22)33-18-17-32-23-13-9-21(10-14-23)19-29(28(7,8)20-30)25(31)34-27(4,5)6/h9-16,30H,17-20H2,1-8H3. The number of aliphatic hydroxyl groups is 1. The molecule has 6 nitrogen and oxygen atoms in total. The lowest BCUT2D eigenvalue weighted by Crippen LogP contribution is -2.51. The largest absolute Gasteiger partial charge is 0.490 e. The van der Waals surface area contributed by atoms with Crippen molar-refractivity contribution < 1.29 is 24.1 Å². The van der Waals surface area contributed by atoms with Crippen molar-refractivity contribution in [2.75, 3.05) is 19.8 Å². The smallest absolute Gasteiger partial charge is 0.411 e. The molecule has 0 saturated carbocycles. The Morgan fingerprint density at radius 1 is 0.794 bits per heavy atom. The van der Waals surface area contributed by atoms with Crippen LogP contribution in [0.25, 0.3) is 0 Å². The molecular weight excluding hydrogens is 430 g/mol. The van der Waals surface area contributed by atoms with Crippen LogP contribution in [0.4, 0.5) is 4.79 Å². The molecule has 1 N–H and O–H groups in total. The van der Waals surface area contributed by atoms with E-state index in [-0.39, 0.29) is 12.0 Å². The number of carbonyl (C=O) groups excluding carboxylic acids is 1. The van der Waals surface area contributed by atoms with Crippen molar-refractivity contribution >= 4 is 6.09 Å². The van der Waals surface area contributed by atoms with E-state index in [2.05, 4.69) is 32.9 Å². The average molecular weight is 472 g/mol. The highest BCUT2D eigenvalue weighted by Gasteiger charge is 2.33. The Hall–Kier alpha value is -2.73. The lowest BCUT2D eigenvalue weighted by Gasteiger charge is -2.38. The van der Waals surface area contributed by atoms with E-state index >= 15 is 0 Å². The van der Waals surface area contributed by atoms with E-state index in [1.54, 1.807) is 4.90 Å². The number of amides is 1. The maximum Gasteiger partial charge on any atom is 0.411 e. The van der Waals surface area contributed by atoms with Gasteiger partial charge in [0, 0.05) is 6.54 Å². The Morgan fingerprint density at radius 3 is 1.68 bits per heavy atom. The van der Waals surface area contributed by atoms with Gasteiger partial charge in [0.1, 0.15) is 30.3 Å². The van der Waals surface area contributed by atoms with E-state index in [1.165, 1.54) is 5.56 Å². The molecule has 0 aliphatic heterocycles. The Bertz CT molecular complexity index is 906. The highest BCUT2D eigenvalue weighted by atomic mass is 16.6. The Kier molecular flexibility index (Phi) is 9.01. The predicted octanol–water partition coefficient (Wildman–Crippen LogP) is 5.95. The molecule has 188 valence electrons. The number of rotatable bonds is 9. The first-order valence-corrected chi connectivity index (χ1v) is 11.8. The molecule has 0 spiro atoms. The van der Waals surface area contributed by atoms with Crippen LogP contribution in [-0.2, 0) is 16.7 Å². The van der Waals surface area contributed by atoms with Crippen molar-refractivity contribution in [3.05, 3.63) is 59.7 Å². The highest BCUT2D eigenvalue weighted by Crippen LogP contribution is 2.25. The minimum atomic E-state index is -0.764. The maximum atomic E-state index is 12.7. The highest BCUT2D eigenvalue weighted by molar-refractivity contribution is 5.69. The van der Waals surface area contributed by atoms with Crippen LogP contribution in [0.3, 0.4) is 0 Å². The van der Waals surface area contributed by atoms with Crippen LogP contribution >= 0.6 is 0 Å². The van der Waals surface area contributed by atoms with Gasteiger partial charge in [-0.1, -0.05) is 45.0 Å². The molecule has 0 aliphatic carbocycles. The van der Waals surface area contributed by atoms with E-state index in [4.69, 9.17) is 14.2 Å². The fourth-order valence-corrected chi connectivity index (χ4v) is 3.17. The SMILES string of the molecule is CC(C)(C)OC(=O)N(Cc1ccc(OCCOc2ccc(C(C)(C)C)cc2)cc1)C(C)(C)CO. The normalized spacial score (nSPS) is 12.3. The zero-order valence-electron chi connectivity index (χ0n) is 22.0. The van der Waals surface area contributed by atoms with Crippen molar-refractivity contribution in [1.82, 2.24) is 4.90 Å². The fraction of sp³-hybridized carbons (Fsp3) is 0.536. The second-order valence-electron chi connectivity index (χ2n) is 11.2. The van der Waals surface area contributed by atoms with Gasteiger partial charge in [0.25, 0.3) is 0 Å². The number of carbonyl (C=O) groups is 1. The first-order chi connectivity index (χ1) is 15.7. The molecule has 0 unspecified atom stereocenters. The summed E-state index contributed by atoms with van der Waals surface area (Å²) in [6, 6.07) is 15.7. The summed E-state index contributed by atoms with van der Waals surface area (Å²) < 4.78 is 17.1. The molecule has 0 saturated heterocycles. The van der Waals surface area contributed by atoms with Crippen LogP contribution in [0.5, 0.6) is 11.5 Å². The number of benzene rings is 2. The molecule has 0 aliphatic rings. The van der Waals surface area contributed by atoms with Crippen molar-refractivity contribution in [3.8, 4) is 11.5 Å². The molecule has 2 aromatic carbocycles. The van der Waals surface area contributed by atoms with Gasteiger partial charge in [-0.15, -0.1) is 0 Å². The molecule has 6 heteroatoms. The van der Waals surface area contributed by atoms with Gasteiger partial charge in [-0.3, -0.25) is 4.90 Å². The number of aliphatic hydroxyl groups excluding tert-OH is 1. The molecule has 2 rings (SSSR count). The van der Waals surface area contributed by atoms with Crippen LogP contribution in [-0.4, -0.2) is 47.1 Å². The van der Waals surface area contributed by atoms with E-state index in [9.17, 15) is 9.90 Å². The van der Waals surface area contributed by atoms with Crippen LogP contribution in [0.2, 0.25) is 0 Å². The second kappa shape index (κ2) is 11.1. The molecule has 0 aromatic heterocycles. The van der Waals surface area contributed by atoms with E-state index in [0.29, 0.717) is 19.8 Å². The zero-order valence-corrected chi connectivity index (χ0v) is 22.0. The van der Waals surface area contributed by atoms with Gasteiger partial charge in [-0.05, 0) is 75.4 Å². The Labute approximate surface area is 204 Å². The van der Waals surface area contributed by atoms with Gasteiger partial charge >= 0.3 is 6.09 Å². The summed E-state index contributed by atoms with van der Waals surface area (Å²) >= 11 is 0. The summed E-state index contributed by atoms with van der Waals surface area (Å²) in [5.74, 6) is 1.54. The van der Waals surface area contributed by atoms with Crippen molar-refractivity contribution in [2.45, 2.75) is 78.5 Å². The number of hydrogen-bond donors (Lipinski definition) is 1. The molecule has 0 fully saturated rings. The number of nitrogens with zero attached hydrogens (tertiary/aromatic N) is 1. The second-order valence-corrected chi connectivity index (χ2v) is 11.2. The summed E-state index contributed by atoms with van der Waals surface area (Å²) in [4.78, 5) is 14.3. The minimum absolute atomic E-state index is 0.117. The van der Waals surface area contributed by atoms with Crippen LogP contribution in [0, 0.1) is 0 Å². The fourth-order valence-electron chi connectivity index (χ4n) is 3.17. The van der Waals surface area contributed by atoms with Crippen molar-refractivity contribution in [2.24, 2.45) is 0 Å². The summed E-state index contributed by atoms with van der Waals surface area (Å²) in [5, 5.41) is 9.80. The summed E-state index contributed by atoms with van der Waals surface area (Å²) in [7, 11) is 0. The first-order valence-electron chi connectivity index (χ1n) is 11.8. The average Bonchev–Trinajstić information content (AvgIpc) is 2.74. The minimum Gasteiger partial charge on any atom is -0.490 e. The maximum absolute atomic E-state index is 12.7. The number of ether oxygens (including phenoxy) is 3. The monoisotopic (exact) mass is 471 g/mol. The molecule has 0 atom stereocenters. The summed E-state index contributed by atoms with van der Waals surface area (Å²) in [6.07, 6.45) is -0.459. The molecule has 0 radical (unpaired) electrons. The van der Waals surface area contributed by atoms with Gasteiger partial charge in [-0.2, -0.15) is 0 Å². The van der Waals surface area contributed by atoms with Crippen LogP contribution in [0.15, 0.2) is 48.5 Å². The van der Waals surface area contributed by atoms with Gasteiger partial charge in [0.15, 0.2) is 0 Å². The topological polar surface area (TPSA) is 68.2 Å². The molecule has 34 heavy (non-hydrogen) atoms. The summed E-state index contributed by atoms with van der Waals surface area (Å²) in [6.45, 7) is 16.7. The molecule has 2 aromatic rings. The third kappa shape index (κ3) is 8.56. The molecule has 0 heterocycles. The Morgan fingerprint density at radius 2 is 1.26 bits per heavy atom. The number of hydrogen-bond acceptors (Lipinski definition) is 5. The van der Waals surface area contributed by atoms with Crippen molar-refractivity contribution in [1.29, 1.82) is 0 Å². The van der Waals surface area contributed by atoms with Crippen LogP contribution in [0.1, 0.15) is 66.5 Å². The molecule has 0 bridgehead atoms. The molecule has 1 amide bonds. The Balaban J connectivity index is 1.90. The third-order valence-corrected chi connectivity index (χ3v) is 5.34. The van der Waals surface area contributed by atoms with Gasteiger partial charge in [-0.25, -0.2) is 4.79 Å². The van der Waals surface area contributed by atoms with E-state index < -0.39 is 17.2 Å². The van der Waals surface area contributed by atoms with Gasteiger partial charge in [0.2, 0.25) is 0 Å².